The van der Waals surface area contributed by atoms with Gasteiger partial charge in [0.15, 0.2) is 0 Å². The first-order valence-corrected chi connectivity index (χ1v) is 7.11. The van der Waals surface area contributed by atoms with Crippen molar-refractivity contribution in [1.29, 1.82) is 0 Å². The lowest BCUT2D eigenvalue weighted by Gasteiger charge is -2.11. The van der Waals surface area contributed by atoms with Crippen LogP contribution in [0.2, 0.25) is 0 Å². The molecule has 2 rings (SSSR count). The third-order valence-electron chi connectivity index (χ3n) is 2.97. The number of benzene rings is 2. The summed E-state index contributed by atoms with van der Waals surface area (Å²) in [6.45, 7) is 0.297. The lowest BCUT2D eigenvalue weighted by atomic mass is 10.1. The first-order valence-electron chi connectivity index (χ1n) is 6.31. The largest absolute Gasteiger partial charge is 0.489 e. The molecule has 0 aliphatic carbocycles. The molecule has 0 spiro atoms. The lowest BCUT2D eigenvalue weighted by Crippen LogP contribution is -2.08. The van der Waals surface area contributed by atoms with Crippen molar-refractivity contribution in [2.24, 2.45) is 0 Å². The van der Waals surface area contributed by atoms with Crippen LogP contribution in [-0.2, 0) is 22.6 Å². The van der Waals surface area contributed by atoms with Crippen LogP contribution in [0.4, 0.5) is 4.39 Å². The summed E-state index contributed by atoms with van der Waals surface area (Å²) < 4.78 is 23.8. The van der Waals surface area contributed by atoms with Gasteiger partial charge in [0.25, 0.3) is 0 Å². The van der Waals surface area contributed by atoms with Crippen LogP contribution < -0.4 is 4.74 Å². The van der Waals surface area contributed by atoms with Gasteiger partial charge in [-0.1, -0.05) is 24.3 Å². The third kappa shape index (κ3) is 4.29. The second-order valence-corrected chi connectivity index (χ2v) is 5.24. The van der Waals surface area contributed by atoms with E-state index in [0.29, 0.717) is 16.8 Å². The van der Waals surface area contributed by atoms with Crippen molar-refractivity contribution in [3.8, 4) is 5.75 Å². The van der Waals surface area contributed by atoms with Crippen LogP contribution >= 0.6 is 15.9 Å². The van der Waals surface area contributed by atoms with Crippen molar-refractivity contribution in [2.75, 3.05) is 7.11 Å². The normalized spacial score (nSPS) is 10.2. The van der Waals surface area contributed by atoms with Crippen molar-refractivity contribution in [3.63, 3.8) is 0 Å². The Labute approximate surface area is 130 Å². The molecule has 0 aromatic heterocycles. The number of halogens is 2. The van der Waals surface area contributed by atoms with Gasteiger partial charge in [-0.05, 0) is 45.3 Å². The molecule has 0 heterocycles. The molecule has 110 valence electrons. The highest BCUT2D eigenvalue weighted by Gasteiger charge is 2.09. The second-order valence-electron chi connectivity index (χ2n) is 4.39. The molecule has 21 heavy (non-hydrogen) atoms. The van der Waals surface area contributed by atoms with Gasteiger partial charge in [0.2, 0.25) is 0 Å². The minimum atomic E-state index is -0.339. The summed E-state index contributed by atoms with van der Waals surface area (Å²) in [4.78, 5) is 11.4. The second kappa shape index (κ2) is 7.22. The van der Waals surface area contributed by atoms with Gasteiger partial charge in [0, 0.05) is 0 Å². The van der Waals surface area contributed by atoms with E-state index in [0.717, 1.165) is 11.1 Å². The van der Waals surface area contributed by atoms with E-state index in [9.17, 15) is 9.18 Å². The summed E-state index contributed by atoms with van der Waals surface area (Å²) in [5, 5.41) is 0. The number of hydrogen-bond acceptors (Lipinski definition) is 3. The Bertz CT molecular complexity index is 643. The molecule has 0 N–H and O–H groups in total. The van der Waals surface area contributed by atoms with Crippen molar-refractivity contribution >= 4 is 21.9 Å². The van der Waals surface area contributed by atoms with E-state index in [1.165, 1.54) is 13.2 Å². The highest BCUT2D eigenvalue weighted by Crippen LogP contribution is 2.23. The first kappa shape index (κ1) is 15.5. The van der Waals surface area contributed by atoms with Crippen LogP contribution in [0.3, 0.4) is 0 Å². The van der Waals surface area contributed by atoms with Crippen LogP contribution in [0.5, 0.6) is 5.75 Å². The van der Waals surface area contributed by atoms with Crippen LogP contribution in [0.1, 0.15) is 11.1 Å². The topological polar surface area (TPSA) is 35.5 Å². The van der Waals surface area contributed by atoms with E-state index < -0.39 is 0 Å². The molecule has 0 radical (unpaired) electrons. The number of esters is 1. The number of hydrogen-bond donors (Lipinski definition) is 0. The predicted molar refractivity (Wildman–Crippen MR) is 80.6 cm³/mol. The molecule has 0 aliphatic heterocycles. The molecule has 0 atom stereocenters. The predicted octanol–water partition coefficient (Wildman–Crippen LogP) is 3.88. The SMILES string of the molecule is COC(=O)Cc1ccccc1COc1ccc(F)c(Br)c1. The molecule has 2 aromatic carbocycles. The zero-order chi connectivity index (χ0) is 15.2. The molecule has 2 aromatic rings. The highest BCUT2D eigenvalue weighted by molar-refractivity contribution is 9.10. The monoisotopic (exact) mass is 352 g/mol. The van der Waals surface area contributed by atoms with Crippen molar-refractivity contribution in [3.05, 3.63) is 63.9 Å². The fourth-order valence-electron chi connectivity index (χ4n) is 1.83. The first-order chi connectivity index (χ1) is 10.1. The summed E-state index contributed by atoms with van der Waals surface area (Å²) in [6, 6.07) is 11.9. The standard InChI is InChI=1S/C16H14BrFO3/c1-20-16(19)8-11-4-2-3-5-12(11)10-21-13-6-7-15(18)14(17)9-13/h2-7,9H,8,10H2,1H3. The van der Waals surface area contributed by atoms with E-state index >= 15 is 0 Å². The molecular weight excluding hydrogens is 339 g/mol. The maximum absolute atomic E-state index is 13.2. The van der Waals surface area contributed by atoms with Crippen LogP contribution in [0.25, 0.3) is 0 Å². The molecule has 0 amide bonds. The molecule has 0 aliphatic rings. The van der Waals surface area contributed by atoms with E-state index in [1.807, 2.05) is 24.3 Å². The molecule has 0 saturated heterocycles. The van der Waals surface area contributed by atoms with Crippen molar-refractivity contribution in [2.45, 2.75) is 13.0 Å². The van der Waals surface area contributed by atoms with E-state index in [-0.39, 0.29) is 18.2 Å². The van der Waals surface area contributed by atoms with Crippen molar-refractivity contribution in [1.82, 2.24) is 0 Å². The van der Waals surface area contributed by atoms with E-state index in [2.05, 4.69) is 20.7 Å². The quantitative estimate of drug-likeness (QED) is 0.766. The van der Waals surface area contributed by atoms with E-state index in [4.69, 9.17) is 4.74 Å². The molecule has 0 fully saturated rings. The van der Waals surface area contributed by atoms with Crippen LogP contribution in [-0.4, -0.2) is 13.1 Å². The summed E-state index contributed by atoms with van der Waals surface area (Å²) in [5.74, 6) is -0.0865. The Morgan fingerprint density at radius 2 is 1.90 bits per heavy atom. The summed E-state index contributed by atoms with van der Waals surface area (Å²) in [6.07, 6.45) is 0.198. The summed E-state index contributed by atoms with van der Waals surface area (Å²) >= 11 is 3.11. The molecule has 0 bridgehead atoms. The van der Waals surface area contributed by atoms with Gasteiger partial charge in [-0.15, -0.1) is 0 Å². The number of carbonyl (C=O) groups is 1. The zero-order valence-electron chi connectivity index (χ0n) is 11.4. The molecule has 3 nitrogen and oxygen atoms in total. The minimum Gasteiger partial charge on any atom is -0.489 e. The van der Waals surface area contributed by atoms with Crippen LogP contribution in [0.15, 0.2) is 46.9 Å². The maximum atomic E-state index is 13.2. The van der Waals surface area contributed by atoms with Gasteiger partial charge in [-0.25, -0.2) is 4.39 Å². The number of rotatable bonds is 5. The number of carbonyl (C=O) groups excluding carboxylic acids is 1. The lowest BCUT2D eigenvalue weighted by molar-refractivity contribution is -0.139. The van der Waals surface area contributed by atoms with Gasteiger partial charge in [0.1, 0.15) is 18.2 Å². The average Bonchev–Trinajstić information content (AvgIpc) is 2.49. The molecule has 0 unspecified atom stereocenters. The van der Waals surface area contributed by atoms with Crippen LogP contribution in [0, 0.1) is 5.82 Å². The van der Waals surface area contributed by atoms with Gasteiger partial charge < -0.3 is 9.47 Å². The Morgan fingerprint density at radius 3 is 2.57 bits per heavy atom. The number of methoxy groups -OCH3 is 1. The summed E-state index contributed by atoms with van der Waals surface area (Å²) in [7, 11) is 1.36. The van der Waals surface area contributed by atoms with E-state index in [1.54, 1.807) is 12.1 Å². The summed E-state index contributed by atoms with van der Waals surface area (Å²) in [5.41, 5.74) is 1.74. The smallest absolute Gasteiger partial charge is 0.309 e. The molecular formula is C16H14BrFO3. The fraction of sp³-hybridized carbons (Fsp3) is 0.188. The molecule has 5 heteroatoms. The highest BCUT2D eigenvalue weighted by atomic mass is 79.9. The minimum absolute atomic E-state index is 0.198. The average molecular weight is 353 g/mol. The molecule has 0 saturated carbocycles. The Kier molecular flexibility index (Phi) is 5.33. The van der Waals surface area contributed by atoms with Gasteiger partial charge >= 0.3 is 5.97 Å². The van der Waals surface area contributed by atoms with Crippen molar-refractivity contribution < 1.29 is 18.7 Å². The van der Waals surface area contributed by atoms with Gasteiger partial charge in [0.05, 0.1) is 18.0 Å². The Balaban J connectivity index is 2.09. The maximum Gasteiger partial charge on any atom is 0.309 e. The zero-order valence-corrected chi connectivity index (χ0v) is 13.0. The third-order valence-corrected chi connectivity index (χ3v) is 3.57. The van der Waals surface area contributed by atoms with Gasteiger partial charge in [-0.3, -0.25) is 4.79 Å². The Morgan fingerprint density at radius 1 is 1.19 bits per heavy atom. The fourth-order valence-corrected chi connectivity index (χ4v) is 2.18. The number of ether oxygens (including phenoxy) is 2. The Hall–Kier alpha value is -1.88. The van der Waals surface area contributed by atoms with Gasteiger partial charge in [-0.2, -0.15) is 0 Å².